The molecule has 2 rings (SSSR count). The normalized spacial score (nSPS) is 16.2. The molecule has 0 radical (unpaired) electrons. The molecule has 0 unspecified atom stereocenters. The number of carbonyl (C=O) groups is 1. The summed E-state index contributed by atoms with van der Waals surface area (Å²) >= 11 is 9.52. The predicted octanol–water partition coefficient (Wildman–Crippen LogP) is 3.54. The number of rotatable bonds is 1. The second kappa shape index (κ2) is 4.14. The Labute approximate surface area is 102 Å². The van der Waals surface area contributed by atoms with Crippen LogP contribution in [0.1, 0.15) is 18.4 Å². The molecule has 0 spiro atoms. The fourth-order valence-electron chi connectivity index (χ4n) is 1.75. The van der Waals surface area contributed by atoms with Crippen LogP contribution in [0.5, 0.6) is 0 Å². The van der Waals surface area contributed by atoms with Crippen LogP contribution in [0.4, 0.5) is 5.69 Å². The van der Waals surface area contributed by atoms with Crippen LogP contribution in [0.3, 0.4) is 0 Å². The second-order valence-corrected chi connectivity index (χ2v) is 4.96. The van der Waals surface area contributed by atoms with Gasteiger partial charge in [0, 0.05) is 22.5 Å². The highest BCUT2D eigenvalue weighted by Gasteiger charge is 2.23. The van der Waals surface area contributed by atoms with Gasteiger partial charge in [-0.1, -0.05) is 11.6 Å². The zero-order valence-corrected chi connectivity index (χ0v) is 10.7. The Morgan fingerprint density at radius 2 is 2.20 bits per heavy atom. The van der Waals surface area contributed by atoms with E-state index in [4.69, 9.17) is 11.6 Å². The van der Waals surface area contributed by atoms with Crippen molar-refractivity contribution in [3.05, 3.63) is 27.2 Å². The third kappa shape index (κ3) is 2.04. The van der Waals surface area contributed by atoms with Gasteiger partial charge in [0.2, 0.25) is 5.91 Å². The molecule has 0 atom stereocenters. The number of hydrogen-bond acceptors (Lipinski definition) is 1. The van der Waals surface area contributed by atoms with Gasteiger partial charge in [0.1, 0.15) is 0 Å². The van der Waals surface area contributed by atoms with Gasteiger partial charge in [-0.15, -0.1) is 0 Å². The molecule has 0 aliphatic carbocycles. The summed E-state index contributed by atoms with van der Waals surface area (Å²) in [4.78, 5) is 13.4. The monoisotopic (exact) mass is 287 g/mol. The van der Waals surface area contributed by atoms with Crippen LogP contribution < -0.4 is 4.90 Å². The van der Waals surface area contributed by atoms with E-state index < -0.39 is 0 Å². The fourth-order valence-corrected chi connectivity index (χ4v) is 2.58. The standard InChI is InChI=1S/C11H11BrClNO/c1-7-5-8(12)10(6-9(7)13)14-4-2-3-11(14)15/h5-6H,2-4H2,1H3. The number of benzene rings is 1. The summed E-state index contributed by atoms with van der Waals surface area (Å²) in [6.45, 7) is 2.74. The molecular weight excluding hydrogens is 277 g/mol. The molecule has 0 N–H and O–H groups in total. The summed E-state index contributed by atoms with van der Waals surface area (Å²) in [7, 11) is 0. The number of amides is 1. The first-order valence-electron chi connectivity index (χ1n) is 4.85. The summed E-state index contributed by atoms with van der Waals surface area (Å²) in [6.07, 6.45) is 1.56. The van der Waals surface area contributed by atoms with Gasteiger partial charge in [-0.3, -0.25) is 4.79 Å². The van der Waals surface area contributed by atoms with Gasteiger partial charge in [-0.2, -0.15) is 0 Å². The van der Waals surface area contributed by atoms with E-state index in [9.17, 15) is 4.79 Å². The summed E-state index contributed by atoms with van der Waals surface area (Å²) in [5, 5.41) is 0.702. The van der Waals surface area contributed by atoms with Crippen molar-refractivity contribution >= 4 is 39.1 Å². The van der Waals surface area contributed by atoms with E-state index in [-0.39, 0.29) is 5.91 Å². The van der Waals surface area contributed by atoms with E-state index in [2.05, 4.69) is 15.9 Å². The zero-order valence-electron chi connectivity index (χ0n) is 8.39. The van der Waals surface area contributed by atoms with Crippen LogP contribution in [-0.2, 0) is 4.79 Å². The highest BCUT2D eigenvalue weighted by molar-refractivity contribution is 9.10. The van der Waals surface area contributed by atoms with Crippen LogP contribution in [0, 0.1) is 6.92 Å². The molecule has 1 saturated heterocycles. The highest BCUT2D eigenvalue weighted by atomic mass is 79.9. The number of hydrogen-bond donors (Lipinski definition) is 0. The lowest BCUT2D eigenvalue weighted by molar-refractivity contribution is -0.117. The molecule has 1 amide bonds. The SMILES string of the molecule is Cc1cc(Br)c(N2CCCC2=O)cc1Cl. The fraction of sp³-hybridized carbons (Fsp3) is 0.364. The lowest BCUT2D eigenvalue weighted by atomic mass is 10.2. The van der Waals surface area contributed by atoms with Crippen molar-refractivity contribution in [2.75, 3.05) is 11.4 Å². The summed E-state index contributed by atoms with van der Waals surface area (Å²) < 4.78 is 0.930. The molecule has 15 heavy (non-hydrogen) atoms. The van der Waals surface area contributed by atoms with Gasteiger partial charge in [0.25, 0.3) is 0 Å². The molecule has 4 heteroatoms. The maximum Gasteiger partial charge on any atom is 0.227 e. The number of halogens is 2. The highest BCUT2D eigenvalue weighted by Crippen LogP contribution is 2.34. The van der Waals surface area contributed by atoms with Gasteiger partial charge >= 0.3 is 0 Å². The maximum absolute atomic E-state index is 11.6. The minimum Gasteiger partial charge on any atom is -0.311 e. The topological polar surface area (TPSA) is 20.3 Å². The number of nitrogens with zero attached hydrogens (tertiary/aromatic N) is 1. The minimum atomic E-state index is 0.176. The molecule has 0 bridgehead atoms. The molecule has 1 aromatic carbocycles. The van der Waals surface area contributed by atoms with Crippen molar-refractivity contribution in [1.29, 1.82) is 0 Å². The summed E-state index contributed by atoms with van der Waals surface area (Å²) in [5.74, 6) is 0.176. The molecule has 2 nitrogen and oxygen atoms in total. The van der Waals surface area contributed by atoms with Gasteiger partial charge in [-0.05, 0) is 47.0 Å². The van der Waals surface area contributed by atoms with Gasteiger partial charge in [-0.25, -0.2) is 0 Å². The third-order valence-electron chi connectivity index (χ3n) is 2.59. The van der Waals surface area contributed by atoms with Crippen molar-refractivity contribution in [3.63, 3.8) is 0 Å². The Kier molecular flexibility index (Phi) is 3.03. The summed E-state index contributed by atoms with van der Waals surface area (Å²) in [6, 6.07) is 3.80. The lowest BCUT2D eigenvalue weighted by Gasteiger charge is -2.18. The van der Waals surface area contributed by atoms with Gasteiger partial charge < -0.3 is 4.90 Å². The van der Waals surface area contributed by atoms with E-state index in [0.29, 0.717) is 11.4 Å². The Bertz CT molecular complexity index is 419. The van der Waals surface area contributed by atoms with E-state index in [1.54, 1.807) is 4.90 Å². The molecule has 1 aromatic rings. The van der Waals surface area contributed by atoms with Gasteiger partial charge in [0.15, 0.2) is 0 Å². The molecule has 1 aliphatic heterocycles. The number of carbonyl (C=O) groups excluding carboxylic acids is 1. The first kappa shape index (κ1) is 11.0. The minimum absolute atomic E-state index is 0.176. The van der Waals surface area contributed by atoms with Crippen molar-refractivity contribution in [2.45, 2.75) is 19.8 Å². The number of anilines is 1. The van der Waals surface area contributed by atoms with Crippen LogP contribution in [-0.4, -0.2) is 12.5 Å². The first-order chi connectivity index (χ1) is 7.09. The van der Waals surface area contributed by atoms with Crippen LogP contribution in [0.15, 0.2) is 16.6 Å². The first-order valence-corrected chi connectivity index (χ1v) is 6.02. The van der Waals surface area contributed by atoms with E-state index in [1.807, 2.05) is 19.1 Å². The van der Waals surface area contributed by atoms with Crippen molar-refractivity contribution in [1.82, 2.24) is 0 Å². The summed E-state index contributed by atoms with van der Waals surface area (Å²) in [5.41, 5.74) is 1.90. The molecule has 0 aromatic heterocycles. The quantitative estimate of drug-likeness (QED) is 0.774. The average Bonchev–Trinajstić information content (AvgIpc) is 2.58. The van der Waals surface area contributed by atoms with E-state index in [1.165, 1.54) is 0 Å². The van der Waals surface area contributed by atoms with Gasteiger partial charge in [0.05, 0.1) is 5.69 Å². The largest absolute Gasteiger partial charge is 0.311 e. The zero-order chi connectivity index (χ0) is 11.0. The molecule has 1 aliphatic rings. The Morgan fingerprint density at radius 3 is 2.80 bits per heavy atom. The van der Waals surface area contributed by atoms with Crippen molar-refractivity contribution in [3.8, 4) is 0 Å². The maximum atomic E-state index is 11.6. The molecular formula is C11H11BrClNO. The van der Waals surface area contributed by atoms with Crippen molar-refractivity contribution < 1.29 is 4.79 Å². The second-order valence-electron chi connectivity index (χ2n) is 3.70. The molecule has 1 fully saturated rings. The van der Waals surface area contributed by atoms with E-state index in [0.717, 1.165) is 28.7 Å². The smallest absolute Gasteiger partial charge is 0.227 e. The van der Waals surface area contributed by atoms with Crippen LogP contribution in [0.25, 0.3) is 0 Å². The Balaban J connectivity index is 2.43. The average molecular weight is 289 g/mol. The Morgan fingerprint density at radius 1 is 1.47 bits per heavy atom. The molecule has 0 saturated carbocycles. The lowest BCUT2D eigenvalue weighted by Crippen LogP contribution is -2.24. The Hall–Kier alpha value is -0.540. The predicted molar refractivity (Wildman–Crippen MR) is 65.5 cm³/mol. The van der Waals surface area contributed by atoms with Crippen molar-refractivity contribution in [2.24, 2.45) is 0 Å². The number of aryl methyl sites for hydroxylation is 1. The van der Waals surface area contributed by atoms with Crippen LogP contribution >= 0.6 is 27.5 Å². The molecule has 80 valence electrons. The molecule has 1 heterocycles. The van der Waals surface area contributed by atoms with Crippen LogP contribution in [0.2, 0.25) is 5.02 Å². The van der Waals surface area contributed by atoms with E-state index >= 15 is 0 Å². The third-order valence-corrected chi connectivity index (χ3v) is 3.63.